The lowest BCUT2D eigenvalue weighted by atomic mass is 10.1. The molecule has 0 fully saturated rings. The lowest BCUT2D eigenvalue weighted by Gasteiger charge is -2.11. The van der Waals surface area contributed by atoms with E-state index in [4.69, 9.17) is 0 Å². The van der Waals surface area contributed by atoms with Crippen molar-refractivity contribution in [1.82, 2.24) is 15.6 Å². The van der Waals surface area contributed by atoms with Crippen LogP contribution in [0.25, 0.3) is 0 Å². The highest BCUT2D eigenvalue weighted by Crippen LogP contribution is 2.12. The Labute approximate surface area is 161 Å². The van der Waals surface area contributed by atoms with Crippen LogP contribution in [0.15, 0.2) is 29.4 Å². The Bertz CT molecular complexity index is 676. The monoisotopic (exact) mass is 466 g/mol. The van der Waals surface area contributed by atoms with Crippen LogP contribution >= 0.6 is 35.3 Å². The number of rotatable bonds is 6. The van der Waals surface area contributed by atoms with E-state index in [1.807, 2.05) is 20.0 Å². The fourth-order valence-electron chi connectivity index (χ4n) is 2.01. The highest BCUT2D eigenvalue weighted by atomic mass is 127. The van der Waals surface area contributed by atoms with Gasteiger partial charge in [-0.2, -0.15) is 0 Å². The Hall–Kier alpha value is -1.29. The van der Waals surface area contributed by atoms with Crippen molar-refractivity contribution >= 4 is 41.3 Å². The topological polar surface area (TPSA) is 49.3 Å². The van der Waals surface area contributed by atoms with Crippen LogP contribution in [-0.4, -0.2) is 24.0 Å². The van der Waals surface area contributed by atoms with Crippen molar-refractivity contribution in [3.05, 3.63) is 51.5 Å². The Morgan fingerprint density at radius 1 is 1.29 bits per heavy atom. The Kier molecular flexibility index (Phi) is 9.12. The van der Waals surface area contributed by atoms with Gasteiger partial charge in [0.15, 0.2) is 5.96 Å². The largest absolute Gasteiger partial charge is 0.357 e. The summed E-state index contributed by atoms with van der Waals surface area (Å²) in [6.07, 6.45) is 2.20. The van der Waals surface area contributed by atoms with Crippen LogP contribution in [0.1, 0.15) is 22.4 Å². The van der Waals surface area contributed by atoms with E-state index in [2.05, 4.69) is 20.6 Å². The smallest absolute Gasteiger partial charge is 0.191 e. The molecule has 0 atom stereocenters. The molecule has 0 saturated carbocycles. The maximum atomic E-state index is 13.6. The second kappa shape index (κ2) is 10.5. The zero-order valence-electron chi connectivity index (χ0n) is 13.6. The molecule has 1 aromatic carbocycles. The molecule has 0 amide bonds. The van der Waals surface area contributed by atoms with Crippen molar-refractivity contribution in [3.63, 3.8) is 0 Å². The van der Waals surface area contributed by atoms with Crippen molar-refractivity contribution in [2.75, 3.05) is 13.1 Å². The number of guanidine groups is 1. The molecule has 1 aromatic heterocycles. The summed E-state index contributed by atoms with van der Waals surface area (Å²) >= 11 is 1.61. The first-order chi connectivity index (χ1) is 11.1. The SMILES string of the molecule is CCNC(=NCc1ncc(C)s1)NCCc1cc(F)ccc1F.I. The van der Waals surface area contributed by atoms with Gasteiger partial charge < -0.3 is 10.6 Å². The number of benzene rings is 1. The molecule has 0 aliphatic rings. The number of aryl methyl sites for hydroxylation is 1. The van der Waals surface area contributed by atoms with Crippen molar-refractivity contribution in [2.45, 2.75) is 26.8 Å². The maximum absolute atomic E-state index is 13.6. The van der Waals surface area contributed by atoms with Gasteiger partial charge >= 0.3 is 0 Å². The Morgan fingerprint density at radius 2 is 2.08 bits per heavy atom. The molecule has 0 radical (unpaired) electrons. The number of thiazole rings is 1. The average Bonchev–Trinajstić information content (AvgIpc) is 2.94. The molecule has 0 saturated heterocycles. The summed E-state index contributed by atoms with van der Waals surface area (Å²) in [5.41, 5.74) is 0.351. The van der Waals surface area contributed by atoms with E-state index in [9.17, 15) is 8.78 Å². The molecule has 0 spiro atoms. The third-order valence-electron chi connectivity index (χ3n) is 3.08. The van der Waals surface area contributed by atoms with Crippen molar-refractivity contribution in [3.8, 4) is 0 Å². The quantitative estimate of drug-likeness (QED) is 0.389. The van der Waals surface area contributed by atoms with Crippen LogP contribution in [-0.2, 0) is 13.0 Å². The minimum Gasteiger partial charge on any atom is -0.357 e. The van der Waals surface area contributed by atoms with E-state index < -0.39 is 11.6 Å². The van der Waals surface area contributed by atoms with E-state index in [0.29, 0.717) is 31.0 Å². The predicted octanol–water partition coefficient (Wildman–Crippen LogP) is 3.65. The van der Waals surface area contributed by atoms with Crippen LogP contribution in [0.3, 0.4) is 0 Å². The lowest BCUT2D eigenvalue weighted by molar-refractivity contribution is 0.583. The van der Waals surface area contributed by atoms with E-state index >= 15 is 0 Å². The van der Waals surface area contributed by atoms with E-state index in [-0.39, 0.29) is 24.0 Å². The minimum atomic E-state index is -0.430. The van der Waals surface area contributed by atoms with Gasteiger partial charge in [-0.25, -0.2) is 18.8 Å². The zero-order valence-corrected chi connectivity index (χ0v) is 16.8. The normalized spacial score (nSPS) is 11.1. The molecule has 132 valence electrons. The molecule has 1 heterocycles. The second-order valence-corrected chi connectivity index (χ2v) is 6.29. The first-order valence-corrected chi connectivity index (χ1v) is 8.27. The van der Waals surface area contributed by atoms with Crippen LogP contribution in [0.2, 0.25) is 0 Å². The van der Waals surface area contributed by atoms with E-state index in [1.54, 1.807) is 11.3 Å². The van der Waals surface area contributed by atoms with Crippen molar-refractivity contribution in [1.29, 1.82) is 0 Å². The summed E-state index contributed by atoms with van der Waals surface area (Å²) in [5.74, 6) is -0.188. The molecule has 0 unspecified atom stereocenters. The van der Waals surface area contributed by atoms with E-state index in [0.717, 1.165) is 28.6 Å². The van der Waals surface area contributed by atoms with E-state index in [1.165, 1.54) is 6.07 Å². The summed E-state index contributed by atoms with van der Waals surface area (Å²) < 4.78 is 26.7. The Balaban J connectivity index is 0.00000288. The molecular formula is C16H21F2IN4S. The average molecular weight is 466 g/mol. The standard InChI is InChI=1S/C16H20F2N4S.HI/c1-3-19-16(22-10-15-21-9-11(2)23-15)20-7-6-12-8-13(17)4-5-14(12)18;/h4-5,8-9H,3,6-7,10H2,1-2H3,(H2,19,20,22);1H. The molecule has 0 aliphatic carbocycles. The summed E-state index contributed by atoms with van der Waals surface area (Å²) in [6, 6.07) is 3.49. The molecule has 8 heteroatoms. The summed E-state index contributed by atoms with van der Waals surface area (Å²) in [6.45, 7) is 5.64. The molecule has 2 aromatic rings. The second-order valence-electron chi connectivity index (χ2n) is 4.97. The van der Waals surface area contributed by atoms with Crippen LogP contribution in [0.4, 0.5) is 8.78 Å². The predicted molar refractivity (Wildman–Crippen MR) is 105 cm³/mol. The van der Waals surface area contributed by atoms with Crippen molar-refractivity contribution < 1.29 is 8.78 Å². The fraction of sp³-hybridized carbons (Fsp3) is 0.375. The van der Waals surface area contributed by atoms with Gasteiger partial charge in [0.2, 0.25) is 0 Å². The summed E-state index contributed by atoms with van der Waals surface area (Å²) in [7, 11) is 0. The molecule has 2 rings (SSSR count). The number of aromatic nitrogens is 1. The van der Waals surface area contributed by atoms with Crippen LogP contribution in [0.5, 0.6) is 0 Å². The zero-order chi connectivity index (χ0) is 16.7. The molecule has 2 N–H and O–H groups in total. The van der Waals surface area contributed by atoms with Crippen LogP contribution in [0, 0.1) is 18.6 Å². The van der Waals surface area contributed by atoms with Gasteiger partial charge in [0, 0.05) is 24.2 Å². The Morgan fingerprint density at radius 3 is 2.75 bits per heavy atom. The van der Waals surface area contributed by atoms with Gasteiger partial charge in [0.25, 0.3) is 0 Å². The van der Waals surface area contributed by atoms with Gasteiger partial charge in [0.05, 0.1) is 6.54 Å². The van der Waals surface area contributed by atoms with Gasteiger partial charge in [-0.1, -0.05) is 0 Å². The molecule has 0 bridgehead atoms. The molecular weight excluding hydrogens is 445 g/mol. The highest BCUT2D eigenvalue weighted by molar-refractivity contribution is 14.0. The molecule has 0 aliphatic heterocycles. The van der Waals surface area contributed by atoms with Gasteiger partial charge in [-0.05, 0) is 44.0 Å². The van der Waals surface area contributed by atoms with Gasteiger partial charge in [-0.15, -0.1) is 35.3 Å². The third-order valence-corrected chi connectivity index (χ3v) is 3.98. The number of nitrogens with one attached hydrogen (secondary N) is 2. The third kappa shape index (κ3) is 6.68. The van der Waals surface area contributed by atoms with Gasteiger partial charge in [0.1, 0.15) is 16.6 Å². The van der Waals surface area contributed by atoms with Gasteiger partial charge in [-0.3, -0.25) is 0 Å². The first kappa shape index (κ1) is 20.8. The number of hydrogen-bond acceptors (Lipinski definition) is 3. The number of nitrogens with zero attached hydrogens (tertiary/aromatic N) is 2. The molecule has 24 heavy (non-hydrogen) atoms. The number of halogens is 3. The van der Waals surface area contributed by atoms with Crippen LogP contribution < -0.4 is 10.6 Å². The number of aliphatic imine (C=N–C) groups is 1. The number of hydrogen-bond donors (Lipinski definition) is 2. The highest BCUT2D eigenvalue weighted by Gasteiger charge is 2.05. The summed E-state index contributed by atoms with van der Waals surface area (Å²) in [5, 5.41) is 7.18. The fourth-order valence-corrected chi connectivity index (χ4v) is 2.73. The first-order valence-electron chi connectivity index (χ1n) is 7.46. The lowest BCUT2D eigenvalue weighted by Crippen LogP contribution is -2.38. The molecule has 4 nitrogen and oxygen atoms in total. The minimum absolute atomic E-state index is 0. The van der Waals surface area contributed by atoms with Crippen molar-refractivity contribution in [2.24, 2.45) is 4.99 Å². The maximum Gasteiger partial charge on any atom is 0.191 e. The summed E-state index contributed by atoms with van der Waals surface area (Å²) in [4.78, 5) is 9.85.